The Labute approximate surface area is 110 Å². The number of nitrogens with two attached hydrogens (primary N) is 1. The fraction of sp³-hybridized carbons (Fsp3) is 0.154. The monoisotopic (exact) mass is 264 g/mol. The fourth-order valence-electron chi connectivity index (χ4n) is 1.59. The second kappa shape index (κ2) is 5.14. The molecule has 0 saturated heterocycles. The predicted octanol–water partition coefficient (Wildman–Crippen LogP) is 2.95. The summed E-state index contributed by atoms with van der Waals surface area (Å²) < 4.78 is 5.43. The zero-order valence-corrected chi connectivity index (χ0v) is 10.6. The van der Waals surface area contributed by atoms with Gasteiger partial charge in [-0.3, -0.25) is 4.79 Å². The zero-order chi connectivity index (χ0) is 13.1. The number of hydrogen-bond acceptors (Lipinski definition) is 3. The number of halogens is 1. The van der Waals surface area contributed by atoms with Crippen molar-refractivity contribution >= 4 is 23.2 Å². The summed E-state index contributed by atoms with van der Waals surface area (Å²) in [4.78, 5) is 11.0. The Morgan fingerprint density at radius 2 is 2.17 bits per heavy atom. The van der Waals surface area contributed by atoms with Gasteiger partial charge in [0, 0.05) is 5.69 Å². The predicted molar refractivity (Wildman–Crippen MR) is 70.7 cm³/mol. The molecule has 1 amide bonds. The summed E-state index contributed by atoms with van der Waals surface area (Å²) in [6.07, 6.45) is 0. The number of amides is 1. The summed E-state index contributed by atoms with van der Waals surface area (Å²) in [6.45, 7) is 2.45. The van der Waals surface area contributed by atoms with Crippen LogP contribution < -0.4 is 11.1 Å². The van der Waals surface area contributed by atoms with Gasteiger partial charge in [-0.1, -0.05) is 11.6 Å². The summed E-state index contributed by atoms with van der Waals surface area (Å²) >= 11 is 5.95. The van der Waals surface area contributed by atoms with Crippen molar-refractivity contribution < 1.29 is 9.21 Å². The van der Waals surface area contributed by atoms with E-state index in [1.807, 2.05) is 19.1 Å². The molecule has 1 aromatic heterocycles. The molecule has 0 bridgehead atoms. The summed E-state index contributed by atoms with van der Waals surface area (Å²) in [5.74, 6) is 1.17. The van der Waals surface area contributed by atoms with E-state index in [9.17, 15) is 4.79 Å². The van der Waals surface area contributed by atoms with Crippen LogP contribution in [0.4, 0.5) is 5.69 Å². The average molecular weight is 265 g/mol. The molecule has 0 aliphatic carbocycles. The number of hydrogen-bond donors (Lipinski definition) is 2. The van der Waals surface area contributed by atoms with Crippen LogP contribution in [-0.4, -0.2) is 5.91 Å². The van der Waals surface area contributed by atoms with Gasteiger partial charge in [-0.2, -0.15) is 0 Å². The molecule has 94 valence electrons. The van der Waals surface area contributed by atoms with Gasteiger partial charge in [-0.05, 0) is 37.3 Å². The van der Waals surface area contributed by atoms with Crippen molar-refractivity contribution in [2.24, 2.45) is 5.73 Å². The number of rotatable bonds is 4. The van der Waals surface area contributed by atoms with Crippen molar-refractivity contribution in [1.82, 2.24) is 0 Å². The molecule has 0 unspecified atom stereocenters. The van der Waals surface area contributed by atoms with Crippen molar-refractivity contribution in [2.75, 3.05) is 5.32 Å². The van der Waals surface area contributed by atoms with Gasteiger partial charge in [-0.25, -0.2) is 0 Å². The van der Waals surface area contributed by atoms with E-state index in [4.69, 9.17) is 21.8 Å². The molecule has 1 aromatic carbocycles. The highest BCUT2D eigenvalue weighted by atomic mass is 35.5. The van der Waals surface area contributed by atoms with Crippen molar-refractivity contribution in [3.8, 4) is 0 Å². The van der Waals surface area contributed by atoms with Crippen LogP contribution in [0.5, 0.6) is 0 Å². The van der Waals surface area contributed by atoms with E-state index >= 15 is 0 Å². The van der Waals surface area contributed by atoms with E-state index in [2.05, 4.69) is 5.32 Å². The average Bonchev–Trinajstić information content (AvgIpc) is 2.72. The van der Waals surface area contributed by atoms with Crippen LogP contribution in [0.1, 0.15) is 21.9 Å². The number of nitrogens with one attached hydrogen (secondary N) is 1. The van der Waals surface area contributed by atoms with Gasteiger partial charge in [0.2, 0.25) is 5.91 Å². The summed E-state index contributed by atoms with van der Waals surface area (Å²) in [6, 6.07) is 8.82. The first-order valence-electron chi connectivity index (χ1n) is 5.45. The van der Waals surface area contributed by atoms with Crippen LogP contribution in [0, 0.1) is 6.92 Å². The molecule has 0 saturated carbocycles. The highest BCUT2D eigenvalue weighted by Gasteiger charge is 2.07. The van der Waals surface area contributed by atoms with Crippen LogP contribution >= 0.6 is 11.6 Å². The molecule has 0 spiro atoms. The van der Waals surface area contributed by atoms with Crippen molar-refractivity contribution in [3.63, 3.8) is 0 Å². The Bertz CT molecular complexity index is 578. The quantitative estimate of drug-likeness (QED) is 0.892. The molecule has 18 heavy (non-hydrogen) atoms. The summed E-state index contributed by atoms with van der Waals surface area (Å²) in [5.41, 5.74) is 6.29. The molecule has 4 nitrogen and oxygen atoms in total. The number of benzene rings is 1. The van der Waals surface area contributed by atoms with Gasteiger partial charge in [0.15, 0.2) is 0 Å². The van der Waals surface area contributed by atoms with E-state index in [1.54, 1.807) is 18.2 Å². The molecule has 0 aliphatic heterocycles. The third-order valence-electron chi connectivity index (χ3n) is 2.50. The Morgan fingerprint density at radius 3 is 2.72 bits per heavy atom. The molecular weight excluding hydrogens is 252 g/mol. The number of anilines is 1. The first-order chi connectivity index (χ1) is 8.56. The normalized spacial score (nSPS) is 10.3. The first kappa shape index (κ1) is 12.5. The lowest BCUT2D eigenvalue weighted by molar-refractivity contribution is 0.100. The largest absolute Gasteiger partial charge is 0.465 e. The molecule has 0 radical (unpaired) electrons. The minimum absolute atomic E-state index is 0.316. The summed E-state index contributed by atoms with van der Waals surface area (Å²) in [5, 5.41) is 3.49. The van der Waals surface area contributed by atoms with Gasteiger partial charge in [-0.15, -0.1) is 0 Å². The maximum Gasteiger partial charge on any atom is 0.250 e. The third-order valence-corrected chi connectivity index (χ3v) is 2.81. The Balaban J connectivity index is 2.06. The second-order valence-corrected chi connectivity index (χ2v) is 4.33. The Kier molecular flexibility index (Phi) is 3.58. The smallest absolute Gasteiger partial charge is 0.250 e. The van der Waals surface area contributed by atoms with Crippen LogP contribution in [-0.2, 0) is 6.54 Å². The molecule has 0 atom stereocenters. The van der Waals surface area contributed by atoms with Crippen molar-refractivity contribution in [3.05, 3.63) is 52.4 Å². The fourth-order valence-corrected chi connectivity index (χ4v) is 1.87. The van der Waals surface area contributed by atoms with Gasteiger partial charge < -0.3 is 15.5 Å². The van der Waals surface area contributed by atoms with Gasteiger partial charge >= 0.3 is 0 Å². The third kappa shape index (κ3) is 2.84. The number of carbonyl (C=O) groups excluding carboxylic acids is 1. The van der Waals surface area contributed by atoms with E-state index < -0.39 is 5.91 Å². The number of carbonyl (C=O) groups is 1. The number of aryl methyl sites for hydroxylation is 1. The molecule has 2 rings (SSSR count). The lowest BCUT2D eigenvalue weighted by Crippen LogP contribution is -2.11. The zero-order valence-electron chi connectivity index (χ0n) is 9.87. The van der Waals surface area contributed by atoms with Gasteiger partial charge in [0.1, 0.15) is 11.5 Å². The molecule has 1 heterocycles. The lowest BCUT2D eigenvalue weighted by Gasteiger charge is -2.06. The lowest BCUT2D eigenvalue weighted by atomic mass is 10.2. The second-order valence-electron chi connectivity index (χ2n) is 3.92. The molecular formula is C13H13ClN2O2. The van der Waals surface area contributed by atoms with Crippen LogP contribution in [0.15, 0.2) is 34.7 Å². The van der Waals surface area contributed by atoms with Crippen LogP contribution in [0.3, 0.4) is 0 Å². The van der Waals surface area contributed by atoms with Gasteiger partial charge in [0.05, 0.1) is 17.1 Å². The highest BCUT2D eigenvalue weighted by Crippen LogP contribution is 2.21. The Hall–Kier alpha value is -1.94. The van der Waals surface area contributed by atoms with E-state index in [0.29, 0.717) is 17.1 Å². The van der Waals surface area contributed by atoms with E-state index in [-0.39, 0.29) is 0 Å². The maximum atomic E-state index is 11.0. The van der Waals surface area contributed by atoms with Crippen LogP contribution in [0.2, 0.25) is 5.02 Å². The molecule has 0 aliphatic rings. The van der Waals surface area contributed by atoms with E-state index in [1.165, 1.54) is 0 Å². The highest BCUT2D eigenvalue weighted by molar-refractivity contribution is 6.34. The Morgan fingerprint density at radius 1 is 1.39 bits per heavy atom. The summed E-state index contributed by atoms with van der Waals surface area (Å²) in [7, 11) is 0. The minimum Gasteiger partial charge on any atom is -0.465 e. The topological polar surface area (TPSA) is 68.3 Å². The molecule has 3 N–H and O–H groups in total. The van der Waals surface area contributed by atoms with Crippen molar-refractivity contribution in [1.29, 1.82) is 0 Å². The molecule has 0 fully saturated rings. The van der Waals surface area contributed by atoms with Gasteiger partial charge in [0.25, 0.3) is 0 Å². The SMILES string of the molecule is Cc1ccc(CNc2ccc(C(N)=O)c(Cl)c2)o1. The van der Waals surface area contributed by atoms with Crippen molar-refractivity contribution in [2.45, 2.75) is 13.5 Å². The number of furan rings is 1. The van der Waals surface area contributed by atoms with E-state index in [0.717, 1.165) is 17.2 Å². The first-order valence-corrected chi connectivity index (χ1v) is 5.82. The minimum atomic E-state index is -0.534. The van der Waals surface area contributed by atoms with Crippen LogP contribution in [0.25, 0.3) is 0 Å². The maximum absolute atomic E-state index is 11.0. The molecule has 2 aromatic rings. The number of primary amides is 1. The standard InChI is InChI=1S/C13H13ClN2O2/c1-8-2-4-10(18-8)7-16-9-3-5-11(13(15)17)12(14)6-9/h2-6,16H,7H2,1H3,(H2,15,17). The molecule has 5 heteroatoms.